The number of ether oxygens (including phenoxy) is 1. The van der Waals surface area contributed by atoms with Crippen molar-refractivity contribution in [3.63, 3.8) is 0 Å². The van der Waals surface area contributed by atoms with Gasteiger partial charge in [0.2, 0.25) is 0 Å². The molecule has 0 spiro atoms. The smallest absolute Gasteiger partial charge is 0.271 e. The standard InChI is InChI=1S/C26H21N3O3/c1-32-24-16-13-18-7-5-6-10-22(18)23(24)17-27-29-26(31)20-11-14-21(15-12-20)28-25(30)19-8-3-2-4-9-19/h2-17H,1H3,(H,28,30)(H,29,31)/b27-17+. The van der Waals surface area contributed by atoms with Crippen molar-refractivity contribution in [3.8, 4) is 5.75 Å². The van der Waals surface area contributed by atoms with Crippen molar-refractivity contribution in [2.75, 3.05) is 12.4 Å². The lowest BCUT2D eigenvalue weighted by Crippen LogP contribution is -2.18. The average molecular weight is 423 g/mol. The molecule has 0 fully saturated rings. The summed E-state index contributed by atoms with van der Waals surface area (Å²) in [4.78, 5) is 24.7. The number of hydrogen-bond acceptors (Lipinski definition) is 4. The van der Waals surface area contributed by atoms with E-state index in [0.717, 1.165) is 16.3 Å². The van der Waals surface area contributed by atoms with E-state index in [-0.39, 0.29) is 11.8 Å². The number of methoxy groups -OCH3 is 1. The van der Waals surface area contributed by atoms with Crippen molar-refractivity contribution in [1.29, 1.82) is 0 Å². The number of rotatable bonds is 6. The fourth-order valence-electron chi connectivity index (χ4n) is 3.30. The number of anilines is 1. The van der Waals surface area contributed by atoms with E-state index >= 15 is 0 Å². The van der Waals surface area contributed by atoms with Gasteiger partial charge in [-0.05, 0) is 53.2 Å². The van der Waals surface area contributed by atoms with Crippen molar-refractivity contribution >= 4 is 34.5 Å². The molecule has 32 heavy (non-hydrogen) atoms. The summed E-state index contributed by atoms with van der Waals surface area (Å²) in [5.41, 5.74) is 4.90. The first kappa shape index (κ1) is 20.8. The minimum absolute atomic E-state index is 0.212. The summed E-state index contributed by atoms with van der Waals surface area (Å²) in [6, 6.07) is 27.3. The maximum Gasteiger partial charge on any atom is 0.271 e. The Morgan fingerprint density at radius 3 is 2.22 bits per heavy atom. The van der Waals surface area contributed by atoms with Gasteiger partial charge < -0.3 is 10.1 Å². The Balaban J connectivity index is 1.43. The summed E-state index contributed by atoms with van der Waals surface area (Å²) in [6.45, 7) is 0. The van der Waals surface area contributed by atoms with Crippen LogP contribution in [0.4, 0.5) is 5.69 Å². The summed E-state index contributed by atoms with van der Waals surface area (Å²) in [5.74, 6) is 0.0954. The second-order valence-corrected chi connectivity index (χ2v) is 7.00. The maximum atomic E-state index is 12.5. The van der Waals surface area contributed by atoms with Gasteiger partial charge >= 0.3 is 0 Å². The van der Waals surface area contributed by atoms with Crippen LogP contribution in [0.5, 0.6) is 5.75 Å². The molecule has 0 unspecified atom stereocenters. The predicted molar refractivity (Wildman–Crippen MR) is 126 cm³/mol. The van der Waals surface area contributed by atoms with Gasteiger partial charge in [-0.1, -0.05) is 48.5 Å². The highest BCUT2D eigenvalue weighted by atomic mass is 16.5. The van der Waals surface area contributed by atoms with Gasteiger partial charge in [-0.15, -0.1) is 0 Å². The number of hydrogen-bond donors (Lipinski definition) is 2. The number of fused-ring (bicyclic) bond motifs is 1. The lowest BCUT2D eigenvalue weighted by atomic mass is 10.0. The SMILES string of the molecule is COc1ccc2ccccc2c1/C=N/NC(=O)c1ccc(NC(=O)c2ccccc2)cc1. The van der Waals surface area contributed by atoms with Crippen LogP contribution >= 0.6 is 0 Å². The van der Waals surface area contributed by atoms with Crippen molar-refractivity contribution in [2.24, 2.45) is 5.10 Å². The lowest BCUT2D eigenvalue weighted by molar-refractivity contribution is 0.0954. The molecule has 0 aromatic heterocycles. The zero-order valence-corrected chi connectivity index (χ0v) is 17.4. The number of nitrogens with zero attached hydrogens (tertiary/aromatic N) is 1. The van der Waals surface area contributed by atoms with Crippen molar-refractivity contribution in [1.82, 2.24) is 5.43 Å². The summed E-state index contributed by atoms with van der Waals surface area (Å²) < 4.78 is 5.43. The van der Waals surface area contributed by atoms with Gasteiger partial charge in [0.15, 0.2) is 0 Å². The van der Waals surface area contributed by atoms with E-state index in [2.05, 4.69) is 15.8 Å². The molecular weight excluding hydrogens is 402 g/mol. The zero-order valence-electron chi connectivity index (χ0n) is 17.4. The van der Waals surface area contributed by atoms with Gasteiger partial charge in [0.25, 0.3) is 11.8 Å². The van der Waals surface area contributed by atoms with Crippen molar-refractivity contribution in [3.05, 3.63) is 108 Å². The van der Waals surface area contributed by atoms with Gasteiger partial charge in [-0.2, -0.15) is 5.10 Å². The number of carbonyl (C=O) groups excluding carboxylic acids is 2. The Morgan fingerprint density at radius 2 is 1.47 bits per heavy atom. The van der Waals surface area contributed by atoms with Crippen LogP contribution in [-0.4, -0.2) is 25.1 Å². The fraction of sp³-hybridized carbons (Fsp3) is 0.0385. The van der Waals surface area contributed by atoms with E-state index in [1.165, 1.54) is 0 Å². The molecule has 158 valence electrons. The van der Waals surface area contributed by atoms with E-state index in [9.17, 15) is 9.59 Å². The Kier molecular flexibility index (Phi) is 6.22. The molecule has 2 amide bonds. The number of nitrogens with one attached hydrogen (secondary N) is 2. The Morgan fingerprint density at radius 1 is 0.781 bits per heavy atom. The molecule has 0 heterocycles. The molecule has 0 aliphatic heterocycles. The number of benzene rings is 4. The monoisotopic (exact) mass is 423 g/mol. The van der Waals surface area contributed by atoms with Gasteiger partial charge in [-0.25, -0.2) is 5.43 Å². The normalized spacial score (nSPS) is 10.8. The van der Waals surface area contributed by atoms with Crippen LogP contribution in [-0.2, 0) is 0 Å². The van der Waals surface area contributed by atoms with Crippen LogP contribution in [0.2, 0.25) is 0 Å². The number of amides is 2. The fourth-order valence-corrected chi connectivity index (χ4v) is 3.30. The van der Waals surface area contributed by atoms with Crippen LogP contribution < -0.4 is 15.5 Å². The largest absolute Gasteiger partial charge is 0.496 e. The maximum absolute atomic E-state index is 12.5. The summed E-state index contributed by atoms with van der Waals surface area (Å²) >= 11 is 0. The second-order valence-electron chi connectivity index (χ2n) is 7.00. The quantitative estimate of drug-likeness (QED) is 0.343. The lowest BCUT2D eigenvalue weighted by Gasteiger charge is -2.08. The Bertz CT molecular complexity index is 1280. The molecule has 4 aromatic rings. The molecule has 0 aliphatic carbocycles. The molecule has 2 N–H and O–H groups in total. The van der Waals surface area contributed by atoms with Crippen LogP contribution in [0, 0.1) is 0 Å². The average Bonchev–Trinajstić information content (AvgIpc) is 2.85. The van der Waals surface area contributed by atoms with Gasteiger partial charge in [0.1, 0.15) is 5.75 Å². The molecule has 0 bridgehead atoms. The molecular formula is C26H21N3O3. The first-order valence-electron chi connectivity index (χ1n) is 10.0. The topological polar surface area (TPSA) is 79.8 Å². The molecule has 6 heteroatoms. The molecule has 0 atom stereocenters. The molecule has 0 saturated heterocycles. The highest BCUT2D eigenvalue weighted by molar-refractivity contribution is 6.05. The molecule has 4 aromatic carbocycles. The third-order valence-corrected chi connectivity index (χ3v) is 4.95. The van der Waals surface area contributed by atoms with Crippen LogP contribution in [0.15, 0.2) is 96.1 Å². The minimum atomic E-state index is -0.360. The predicted octanol–water partition coefficient (Wildman–Crippen LogP) is 4.86. The van der Waals surface area contributed by atoms with Gasteiger partial charge in [-0.3, -0.25) is 9.59 Å². The highest BCUT2D eigenvalue weighted by Gasteiger charge is 2.09. The van der Waals surface area contributed by atoms with Crippen LogP contribution in [0.1, 0.15) is 26.3 Å². The van der Waals surface area contributed by atoms with Crippen LogP contribution in [0.3, 0.4) is 0 Å². The van der Waals surface area contributed by atoms with Crippen molar-refractivity contribution in [2.45, 2.75) is 0 Å². The molecule has 0 radical (unpaired) electrons. The number of carbonyl (C=O) groups is 2. The Hall–Kier alpha value is -4.45. The van der Waals surface area contributed by atoms with E-state index in [1.54, 1.807) is 61.9 Å². The van der Waals surface area contributed by atoms with E-state index in [4.69, 9.17) is 4.74 Å². The van der Waals surface area contributed by atoms with Gasteiger partial charge in [0.05, 0.1) is 13.3 Å². The first-order valence-corrected chi connectivity index (χ1v) is 10.0. The van der Waals surface area contributed by atoms with Crippen LogP contribution in [0.25, 0.3) is 10.8 Å². The summed E-state index contributed by atoms with van der Waals surface area (Å²) in [6.07, 6.45) is 1.58. The number of hydrazone groups is 1. The minimum Gasteiger partial charge on any atom is -0.496 e. The summed E-state index contributed by atoms with van der Waals surface area (Å²) in [5, 5.41) is 8.94. The molecule has 0 saturated carbocycles. The first-order chi connectivity index (χ1) is 15.7. The summed E-state index contributed by atoms with van der Waals surface area (Å²) in [7, 11) is 1.60. The zero-order chi connectivity index (χ0) is 22.3. The van der Waals surface area contributed by atoms with E-state index < -0.39 is 0 Å². The van der Waals surface area contributed by atoms with E-state index in [0.29, 0.717) is 22.6 Å². The molecule has 6 nitrogen and oxygen atoms in total. The Labute approximate surface area is 185 Å². The van der Waals surface area contributed by atoms with E-state index in [1.807, 2.05) is 42.5 Å². The second kappa shape index (κ2) is 9.57. The molecule has 4 rings (SSSR count). The highest BCUT2D eigenvalue weighted by Crippen LogP contribution is 2.26. The van der Waals surface area contributed by atoms with Gasteiger partial charge in [0, 0.05) is 22.4 Å². The third kappa shape index (κ3) is 4.65. The van der Waals surface area contributed by atoms with Crippen molar-refractivity contribution < 1.29 is 14.3 Å². The molecule has 0 aliphatic rings. The third-order valence-electron chi connectivity index (χ3n) is 4.95.